The van der Waals surface area contributed by atoms with Gasteiger partial charge in [-0.15, -0.1) is 0 Å². The summed E-state index contributed by atoms with van der Waals surface area (Å²) in [7, 11) is 0. The van der Waals surface area contributed by atoms with E-state index in [1.54, 1.807) is 0 Å². The van der Waals surface area contributed by atoms with Gasteiger partial charge in [0.25, 0.3) is 0 Å². The molecular formula is C19H28ClN3O. The molecule has 0 spiro atoms. The zero-order valence-corrected chi connectivity index (χ0v) is 15.0. The maximum atomic E-state index is 12.0. The van der Waals surface area contributed by atoms with Crippen LogP contribution in [0.1, 0.15) is 37.7 Å². The number of nitrogens with one attached hydrogen (secondary N) is 2. The van der Waals surface area contributed by atoms with Crippen molar-refractivity contribution in [3.63, 3.8) is 0 Å². The van der Waals surface area contributed by atoms with Crippen LogP contribution in [0.15, 0.2) is 24.3 Å². The van der Waals surface area contributed by atoms with Crippen molar-refractivity contribution in [2.24, 2.45) is 5.92 Å². The molecule has 0 bridgehead atoms. The second-order valence-electron chi connectivity index (χ2n) is 7.11. The van der Waals surface area contributed by atoms with E-state index in [0.717, 1.165) is 57.0 Å². The number of hydrogen-bond acceptors (Lipinski definition) is 3. The van der Waals surface area contributed by atoms with Gasteiger partial charge in [-0.3, -0.25) is 9.69 Å². The highest BCUT2D eigenvalue weighted by Gasteiger charge is 2.21. The third-order valence-electron chi connectivity index (χ3n) is 5.24. The Labute approximate surface area is 149 Å². The fourth-order valence-electron chi connectivity index (χ4n) is 3.70. The average molecular weight is 350 g/mol. The highest BCUT2D eigenvalue weighted by molar-refractivity contribution is 6.31. The average Bonchev–Trinajstić information content (AvgIpc) is 3.09. The van der Waals surface area contributed by atoms with Gasteiger partial charge in [0, 0.05) is 30.6 Å². The highest BCUT2D eigenvalue weighted by Crippen LogP contribution is 2.22. The molecule has 1 unspecified atom stereocenters. The Morgan fingerprint density at radius 3 is 2.75 bits per heavy atom. The number of carbonyl (C=O) groups excluding carboxylic acids is 1. The van der Waals surface area contributed by atoms with Crippen LogP contribution in [-0.4, -0.2) is 43.0 Å². The first-order valence-electron chi connectivity index (χ1n) is 9.16. The van der Waals surface area contributed by atoms with E-state index in [1.165, 1.54) is 12.0 Å². The lowest BCUT2D eigenvalue weighted by Gasteiger charge is -2.32. The predicted molar refractivity (Wildman–Crippen MR) is 98.1 cm³/mol. The number of piperidine rings is 1. The molecule has 2 saturated heterocycles. The summed E-state index contributed by atoms with van der Waals surface area (Å²) in [4.78, 5) is 14.5. The van der Waals surface area contributed by atoms with Crippen LogP contribution in [-0.2, 0) is 11.3 Å². The molecular weight excluding hydrogens is 322 g/mol. The van der Waals surface area contributed by atoms with E-state index in [9.17, 15) is 4.79 Å². The molecule has 1 aromatic carbocycles. The molecule has 2 aliphatic heterocycles. The van der Waals surface area contributed by atoms with Gasteiger partial charge in [0.2, 0.25) is 5.91 Å². The van der Waals surface area contributed by atoms with Crippen molar-refractivity contribution in [3.8, 4) is 0 Å². The largest absolute Gasteiger partial charge is 0.356 e. The fourth-order valence-corrected chi connectivity index (χ4v) is 3.90. The third-order valence-corrected chi connectivity index (χ3v) is 5.61. The minimum Gasteiger partial charge on any atom is -0.356 e. The van der Waals surface area contributed by atoms with E-state index in [4.69, 9.17) is 11.6 Å². The molecule has 0 aliphatic carbocycles. The van der Waals surface area contributed by atoms with E-state index >= 15 is 0 Å². The van der Waals surface area contributed by atoms with Crippen LogP contribution in [0.4, 0.5) is 0 Å². The van der Waals surface area contributed by atoms with Crippen LogP contribution in [0.25, 0.3) is 0 Å². The number of carbonyl (C=O) groups is 1. The molecule has 0 saturated carbocycles. The first-order valence-corrected chi connectivity index (χ1v) is 9.54. The van der Waals surface area contributed by atoms with E-state index in [0.29, 0.717) is 18.4 Å². The molecule has 0 radical (unpaired) electrons. The number of likely N-dealkylation sites (tertiary alicyclic amines) is 1. The summed E-state index contributed by atoms with van der Waals surface area (Å²) in [5.74, 6) is 0.806. The SMILES string of the molecule is O=C(CC1CCCN1)NCC1CCN(Cc2ccccc2Cl)CC1. The molecule has 1 aromatic rings. The van der Waals surface area contributed by atoms with Gasteiger partial charge in [0.1, 0.15) is 0 Å². The van der Waals surface area contributed by atoms with Crippen molar-refractivity contribution in [1.82, 2.24) is 15.5 Å². The molecule has 2 aliphatic rings. The molecule has 2 fully saturated rings. The van der Waals surface area contributed by atoms with Gasteiger partial charge in [-0.1, -0.05) is 29.8 Å². The van der Waals surface area contributed by atoms with Gasteiger partial charge in [0.05, 0.1) is 0 Å². The van der Waals surface area contributed by atoms with Gasteiger partial charge in [-0.25, -0.2) is 0 Å². The van der Waals surface area contributed by atoms with Crippen LogP contribution >= 0.6 is 11.6 Å². The minimum atomic E-state index is 0.202. The van der Waals surface area contributed by atoms with Gasteiger partial charge < -0.3 is 10.6 Å². The van der Waals surface area contributed by atoms with Crippen LogP contribution in [0.2, 0.25) is 5.02 Å². The summed E-state index contributed by atoms with van der Waals surface area (Å²) in [6.45, 7) is 4.96. The Hall–Kier alpha value is -1.10. The summed E-state index contributed by atoms with van der Waals surface area (Å²) < 4.78 is 0. The van der Waals surface area contributed by atoms with Crippen molar-refractivity contribution in [3.05, 3.63) is 34.9 Å². The van der Waals surface area contributed by atoms with Crippen molar-refractivity contribution in [2.75, 3.05) is 26.2 Å². The Balaban J connectivity index is 1.34. The van der Waals surface area contributed by atoms with E-state index in [-0.39, 0.29) is 5.91 Å². The third kappa shape index (κ3) is 5.20. The number of halogens is 1. The number of rotatable bonds is 6. The quantitative estimate of drug-likeness (QED) is 0.830. The van der Waals surface area contributed by atoms with Crippen molar-refractivity contribution in [2.45, 2.75) is 44.7 Å². The first-order chi connectivity index (χ1) is 11.7. The summed E-state index contributed by atoms with van der Waals surface area (Å²) >= 11 is 6.25. The fraction of sp³-hybridized carbons (Fsp3) is 0.632. The highest BCUT2D eigenvalue weighted by atomic mass is 35.5. The molecule has 1 amide bonds. The van der Waals surface area contributed by atoms with Gasteiger partial charge in [-0.05, 0) is 62.9 Å². The van der Waals surface area contributed by atoms with E-state index in [1.807, 2.05) is 18.2 Å². The van der Waals surface area contributed by atoms with Crippen LogP contribution < -0.4 is 10.6 Å². The van der Waals surface area contributed by atoms with Crippen LogP contribution in [0.3, 0.4) is 0 Å². The lowest BCUT2D eigenvalue weighted by molar-refractivity contribution is -0.121. The van der Waals surface area contributed by atoms with E-state index in [2.05, 4.69) is 21.6 Å². The monoisotopic (exact) mass is 349 g/mol. The first kappa shape index (κ1) is 17.7. The number of amides is 1. The van der Waals surface area contributed by atoms with Gasteiger partial charge >= 0.3 is 0 Å². The van der Waals surface area contributed by atoms with E-state index < -0.39 is 0 Å². The zero-order chi connectivity index (χ0) is 16.8. The molecule has 24 heavy (non-hydrogen) atoms. The number of benzene rings is 1. The standard InChI is InChI=1S/C19H28ClN3O/c20-18-6-2-1-4-16(18)14-23-10-7-15(8-11-23)13-22-19(24)12-17-5-3-9-21-17/h1-2,4,6,15,17,21H,3,5,7-14H2,(H,22,24). The predicted octanol–water partition coefficient (Wildman–Crippen LogP) is 2.81. The Morgan fingerprint density at radius 1 is 1.25 bits per heavy atom. The lowest BCUT2D eigenvalue weighted by Crippen LogP contribution is -2.39. The van der Waals surface area contributed by atoms with Crippen LogP contribution in [0, 0.1) is 5.92 Å². The molecule has 5 heteroatoms. The topological polar surface area (TPSA) is 44.4 Å². The van der Waals surface area contributed by atoms with Gasteiger partial charge in [0.15, 0.2) is 0 Å². The van der Waals surface area contributed by atoms with Crippen LogP contribution in [0.5, 0.6) is 0 Å². The molecule has 4 nitrogen and oxygen atoms in total. The second kappa shape index (κ2) is 8.84. The van der Waals surface area contributed by atoms with Crippen molar-refractivity contribution >= 4 is 17.5 Å². The maximum absolute atomic E-state index is 12.0. The summed E-state index contributed by atoms with van der Waals surface area (Å²) in [5.41, 5.74) is 1.20. The Morgan fingerprint density at radius 2 is 2.04 bits per heavy atom. The normalized spacial score (nSPS) is 22.6. The number of nitrogens with zero attached hydrogens (tertiary/aromatic N) is 1. The van der Waals surface area contributed by atoms with Crippen molar-refractivity contribution < 1.29 is 4.79 Å². The summed E-state index contributed by atoms with van der Waals surface area (Å²) in [5, 5.41) is 7.37. The Bertz CT molecular complexity index is 537. The molecule has 3 rings (SSSR count). The lowest BCUT2D eigenvalue weighted by atomic mass is 9.96. The Kier molecular flexibility index (Phi) is 6.52. The zero-order valence-electron chi connectivity index (χ0n) is 14.3. The second-order valence-corrected chi connectivity index (χ2v) is 7.52. The molecule has 2 N–H and O–H groups in total. The summed E-state index contributed by atoms with van der Waals surface area (Å²) in [6.07, 6.45) is 5.25. The molecule has 2 heterocycles. The number of hydrogen-bond donors (Lipinski definition) is 2. The maximum Gasteiger partial charge on any atom is 0.221 e. The summed E-state index contributed by atoms with van der Waals surface area (Å²) in [6, 6.07) is 8.47. The molecule has 1 atom stereocenters. The molecule has 0 aromatic heterocycles. The molecule has 132 valence electrons. The smallest absolute Gasteiger partial charge is 0.221 e. The van der Waals surface area contributed by atoms with Crippen molar-refractivity contribution in [1.29, 1.82) is 0 Å². The van der Waals surface area contributed by atoms with Gasteiger partial charge in [-0.2, -0.15) is 0 Å². The minimum absolute atomic E-state index is 0.202.